The van der Waals surface area contributed by atoms with Crippen molar-refractivity contribution in [2.45, 2.75) is 33.5 Å². The van der Waals surface area contributed by atoms with Crippen molar-refractivity contribution < 1.29 is 28.8 Å². The second kappa shape index (κ2) is 13.3. The Bertz CT molecular complexity index is 709. The van der Waals surface area contributed by atoms with E-state index < -0.39 is 6.29 Å². The average molecular weight is 437 g/mol. The first-order valence-electron chi connectivity index (χ1n) is 10.9. The van der Waals surface area contributed by atoms with Crippen LogP contribution >= 0.6 is 0 Å². The van der Waals surface area contributed by atoms with Gasteiger partial charge in [0.05, 0.1) is 37.8 Å². The van der Waals surface area contributed by atoms with Crippen LogP contribution in [0.15, 0.2) is 36.1 Å². The van der Waals surface area contributed by atoms with Gasteiger partial charge in [0.2, 0.25) is 6.29 Å². The normalized spacial score (nSPS) is 20.9. The average Bonchev–Trinajstić information content (AvgIpc) is 2.75. The Morgan fingerprint density at radius 1 is 1.19 bits per heavy atom. The van der Waals surface area contributed by atoms with Crippen LogP contribution in [0.3, 0.4) is 0 Å². The second-order valence-corrected chi connectivity index (χ2v) is 7.74. The van der Waals surface area contributed by atoms with Crippen LogP contribution in [0, 0.1) is 17.8 Å². The summed E-state index contributed by atoms with van der Waals surface area (Å²) in [5, 5.41) is 11.5. The van der Waals surface area contributed by atoms with E-state index in [9.17, 15) is 4.79 Å². The molecule has 1 aromatic rings. The highest BCUT2D eigenvalue weighted by atomic mass is 16.7. The van der Waals surface area contributed by atoms with E-state index in [-0.39, 0.29) is 36.0 Å². The fourth-order valence-electron chi connectivity index (χ4n) is 3.60. The number of carbonyl (C=O) groups excluding carboxylic acids is 1. The van der Waals surface area contributed by atoms with E-state index in [0.29, 0.717) is 44.4 Å². The number of rotatable bonds is 13. The summed E-state index contributed by atoms with van der Waals surface area (Å²) in [6, 6.07) is 7.11. The molecule has 174 valence electrons. The highest BCUT2D eigenvalue weighted by molar-refractivity contribution is 6.04. The predicted octanol–water partition coefficient (Wildman–Crippen LogP) is 2.79. The lowest BCUT2D eigenvalue weighted by atomic mass is 9.79. The van der Waals surface area contributed by atoms with Crippen LogP contribution < -0.4 is 11.1 Å². The Labute approximate surface area is 184 Å². The molecule has 31 heavy (non-hydrogen) atoms. The molecular weight excluding hydrogens is 400 g/mol. The fraction of sp³-hybridized carbons (Fsp3) is 0.609. The maximum atomic E-state index is 12.9. The summed E-state index contributed by atoms with van der Waals surface area (Å²) in [5.74, 6) is 0.332. The second-order valence-electron chi connectivity index (χ2n) is 7.74. The molecule has 0 aromatic heterocycles. The summed E-state index contributed by atoms with van der Waals surface area (Å²) >= 11 is 0. The number of hydrogen-bond acceptors (Lipinski definition) is 7. The predicted molar refractivity (Wildman–Crippen MR) is 119 cm³/mol. The third-order valence-corrected chi connectivity index (χ3v) is 5.17. The summed E-state index contributed by atoms with van der Waals surface area (Å²) in [4.78, 5) is 12.9. The molecule has 0 saturated heterocycles. The van der Waals surface area contributed by atoms with Gasteiger partial charge in [-0.3, -0.25) is 4.79 Å². The molecule has 0 radical (unpaired) electrons. The first-order chi connectivity index (χ1) is 15.0. The lowest BCUT2D eigenvalue weighted by Gasteiger charge is -2.38. The third-order valence-electron chi connectivity index (χ3n) is 5.17. The van der Waals surface area contributed by atoms with Gasteiger partial charge in [0.25, 0.3) is 5.91 Å². The number of nitrogens with one attached hydrogen (secondary N) is 1. The first kappa shape index (κ1) is 25.1. The molecule has 1 aliphatic heterocycles. The minimum absolute atomic E-state index is 0.00459. The SMILES string of the molecule is CCO[C@H]1OC(C(=O)Nc2ccccc2N)=C[C@@H](C(C)C)[C@H]1CCOCCOCCO. The van der Waals surface area contributed by atoms with Crippen molar-refractivity contribution >= 4 is 17.3 Å². The summed E-state index contributed by atoms with van der Waals surface area (Å²) in [6.45, 7) is 8.37. The van der Waals surface area contributed by atoms with E-state index in [1.165, 1.54) is 0 Å². The Hall–Kier alpha value is -2.13. The smallest absolute Gasteiger partial charge is 0.290 e. The lowest BCUT2D eigenvalue weighted by molar-refractivity contribution is -0.175. The van der Waals surface area contributed by atoms with Gasteiger partial charge in [-0.1, -0.05) is 26.0 Å². The van der Waals surface area contributed by atoms with Gasteiger partial charge in [-0.2, -0.15) is 0 Å². The first-order valence-corrected chi connectivity index (χ1v) is 10.9. The van der Waals surface area contributed by atoms with E-state index in [2.05, 4.69) is 19.2 Å². The zero-order valence-electron chi connectivity index (χ0n) is 18.7. The van der Waals surface area contributed by atoms with Gasteiger partial charge in [0, 0.05) is 19.1 Å². The summed E-state index contributed by atoms with van der Waals surface area (Å²) in [6.07, 6.45) is 2.08. The summed E-state index contributed by atoms with van der Waals surface area (Å²) in [5.41, 5.74) is 6.98. The number of allylic oxidation sites excluding steroid dienone is 1. The van der Waals surface area contributed by atoms with E-state index in [1.54, 1.807) is 12.1 Å². The quantitative estimate of drug-likeness (QED) is 0.322. The molecule has 4 N–H and O–H groups in total. The highest BCUT2D eigenvalue weighted by Gasteiger charge is 2.38. The van der Waals surface area contributed by atoms with Crippen LogP contribution in [0.1, 0.15) is 27.2 Å². The van der Waals surface area contributed by atoms with Gasteiger partial charge < -0.3 is 35.1 Å². The maximum Gasteiger partial charge on any atom is 0.290 e. The van der Waals surface area contributed by atoms with Crippen molar-refractivity contribution in [3.8, 4) is 0 Å². The van der Waals surface area contributed by atoms with Crippen LogP contribution in [-0.4, -0.2) is 56.9 Å². The molecule has 0 saturated carbocycles. The highest BCUT2D eigenvalue weighted by Crippen LogP contribution is 2.36. The van der Waals surface area contributed by atoms with Gasteiger partial charge >= 0.3 is 0 Å². The molecular formula is C23H36N2O6. The Kier molecular flexibility index (Phi) is 10.8. The number of aliphatic hydroxyl groups excluding tert-OH is 1. The molecule has 8 nitrogen and oxygen atoms in total. The van der Waals surface area contributed by atoms with Crippen LogP contribution in [0.4, 0.5) is 11.4 Å². The Balaban J connectivity index is 2.04. The van der Waals surface area contributed by atoms with Gasteiger partial charge in [-0.15, -0.1) is 0 Å². The van der Waals surface area contributed by atoms with Crippen LogP contribution in [0.5, 0.6) is 0 Å². The topological polar surface area (TPSA) is 112 Å². The standard InChI is InChI=1S/C23H36N2O6/c1-4-30-23-17(9-11-28-13-14-29-12-10-26)18(16(2)3)15-21(31-23)22(27)25-20-8-6-5-7-19(20)24/h5-8,15-18,23,26H,4,9-14,24H2,1-3H3,(H,25,27)/t17-,18+,23+/m1/s1. The number of carbonyl (C=O) groups is 1. The zero-order valence-corrected chi connectivity index (χ0v) is 18.7. The molecule has 3 atom stereocenters. The van der Waals surface area contributed by atoms with Crippen molar-refractivity contribution in [2.75, 3.05) is 50.7 Å². The number of amides is 1. The molecule has 1 heterocycles. The van der Waals surface area contributed by atoms with Gasteiger partial charge in [0.1, 0.15) is 0 Å². The van der Waals surface area contributed by atoms with E-state index in [4.69, 9.17) is 29.8 Å². The van der Waals surface area contributed by atoms with Gasteiger partial charge in [-0.25, -0.2) is 0 Å². The number of aliphatic hydroxyl groups is 1. The van der Waals surface area contributed by atoms with Crippen molar-refractivity contribution in [2.24, 2.45) is 17.8 Å². The number of benzene rings is 1. The Morgan fingerprint density at radius 3 is 2.55 bits per heavy atom. The molecule has 2 rings (SSSR count). The number of nitrogens with two attached hydrogens (primary N) is 1. The summed E-state index contributed by atoms with van der Waals surface area (Å²) < 4.78 is 22.7. The largest absolute Gasteiger partial charge is 0.459 e. The minimum Gasteiger partial charge on any atom is -0.459 e. The molecule has 8 heteroatoms. The lowest BCUT2D eigenvalue weighted by Crippen LogP contribution is -2.40. The fourth-order valence-corrected chi connectivity index (χ4v) is 3.60. The van der Waals surface area contributed by atoms with Gasteiger partial charge in [0.15, 0.2) is 5.76 Å². The third kappa shape index (κ3) is 7.81. The van der Waals surface area contributed by atoms with Crippen molar-refractivity contribution in [1.29, 1.82) is 0 Å². The molecule has 0 bridgehead atoms. The number of para-hydroxylation sites is 2. The van der Waals surface area contributed by atoms with Crippen LogP contribution in [0.25, 0.3) is 0 Å². The van der Waals surface area contributed by atoms with Crippen LogP contribution in [0.2, 0.25) is 0 Å². The summed E-state index contributed by atoms with van der Waals surface area (Å²) in [7, 11) is 0. The monoisotopic (exact) mass is 436 g/mol. The van der Waals surface area contributed by atoms with Crippen LogP contribution in [-0.2, 0) is 23.7 Å². The number of hydrogen-bond donors (Lipinski definition) is 3. The Morgan fingerprint density at radius 2 is 1.90 bits per heavy atom. The molecule has 0 spiro atoms. The van der Waals surface area contributed by atoms with Crippen molar-refractivity contribution in [3.05, 3.63) is 36.1 Å². The molecule has 1 aliphatic rings. The molecule has 0 aliphatic carbocycles. The number of ether oxygens (including phenoxy) is 4. The molecule has 0 fully saturated rings. The van der Waals surface area contributed by atoms with E-state index in [1.807, 2.05) is 25.1 Å². The maximum absolute atomic E-state index is 12.9. The van der Waals surface area contributed by atoms with Crippen molar-refractivity contribution in [1.82, 2.24) is 0 Å². The zero-order chi connectivity index (χ0) is 22.6. The number of anilines is 2. The number of nitrogen functional groups attached to an aromatic ring is 1. The van der Waals surface area contributed by atoms with Gasteiger partial charge in [-0.05, 0) is 43.4 Å². The van der Waals surface area contributed by atoms with Crippen molar-refractivity contribution in [3.63, 3.8) is 0 Å². The molecule has 0 unspecified atom stereocenters. The van der Waals surface area contributed by atoms with E-state index >= 15 is 0 Å². The molecule has 1 amide bonds. The molecule has 1 aromatic carbocycles. The minimum atomic E-state index is -0.537. The van der Waals surface area contributed by atoms with E-state index in [0.717, 1.165) is 6.42 Å².